The van der Waals surface area contributed by atoms with E-state index in [1.807, 2.05) is 38.1 Å². The summed E-state index contributed by atoms with van der Waals surface area (Å²) in [6.45, 7) is 8.87. The molecule has 3 nitrogen and oxygen atoms in total. The topological polar surface area (TPSA) is 37.4 Å². The van der Waals surface area contributed by atoms with Gasteiger partial charge in [0.25, 0.3) is 0 Å². The molecule has 0 heterocycles. The Bertz CT molecular complexity index is 458. The van der Waals surface area contributed by atoms with Crippen LogP contribution in [0, 0.1) is 0 Å². The number of nitrogens with zero attached hydrogens (tertiary/aromatic N) is 1. The van der Waals surface area contributed by atoms with Gasteiger partial charge in [-0.25, -0.2) is 0 Å². The summed E-state index contributed by atoms with van der Waals surface area (Å²) in [5, 5.41) is 0. The van der Waals surface area contributed by atoms with E-state index in [9.17, 15) is 9.59 Å². The summed E-state index contributed by atoms with van der Waals surface area (Å²) in [6, 6.07) is 7.95. The Morgan fingerprint density at radius 2 is 1.75 bits per heavy atom. The Morgan fingerprint density at radius 3 is 2.25 bits per heavy atom. The van der Waals surface area contributed by atoms with Gasteiger partial charge in [-0.15, -0.1) is 0 Å². The van der Waals surface area contributed by atoms with Crippen LogP contribution in [0.4, 0.5) is 0 Å². The number of carbonyl (C=O) groups excluding carboxylic acids is 2. The Balaban J connectivity index is 2.42. The van der Waals surface area contributed by atoms with Crippen LogP contribution in [0.1, 0.15) is 37.8 Å². The van der Waals surface area contributed by atoms with E-state index in [1.165, 1.54) is 0 Å². The third-order valence-corrected chi connectivity index (χ3v) is 3.37. The van der Waals surface area contributed by atoms with Crippen LogP contribution in [0.15, 0.2) is 30.8 Å². The van der Waals surface area contributed by atoms with E-state index in [1.54, 1.807) is 11.0 Å². The summed E-state index contributed by atoms with van der Waals surface area (Å²) >= 11 is 0. The van der Waals surface area contributed by atoms with Crippen molar-refractivity contribution in [1.29, 1.82) is 0 Å². The van der Waals surface area contributed by atoms with Gasteiger partial charge in [0.05, 0.1) is 6.42 Å². The Kier molecular flexibility index (Phi) is 6.71. The third kappa shape index (κ3) is 5.00. The van der Waals surface area contributed by atoms with Crippen molar-refractivity contribution >= 4 is 17.8 Å². The molecular formula is C17H23NO2. The highest BCUT2D eigenvalue weighted by molar-refractivity contribution is 5.98. The number of aryl methyl sites for hydroxylation is 1. The van der Waals surface area contributed by atoms with Gasteiger partial charge in [0.1, 0.15) is 5.78 Å². The maximum absolute atomic E-state index is 11.8. The second-order valence-electron chi connectivity index (χ2n) is 4.73. The number of hydrogen-bond acceptors (Lipinski definition) is 2. The van der Waals surface area contributed by atoms with Crippen molar-refractivity contribution in [2.45, 2.75) is 33.1 Å². The number of amides is 1. The lowest BCUT2D eigenvalue weighted by atomic mass is 10.0. The zero-order chi connectivity index (χ0) is 15.0. The maximum atomic E-state index is 11.8. The minimum atomic E-state index is -0.0676. The second kappa shape index (κ2) is 8.31. The highest BCUT2D eigenvalue weighted by Gasteiger charge is 2.14. The van der Waals surface area contributed by atoms with Crippen molar-refractivity contribution in [3.63, 3.8) is 0 Å². The fraction of sp³-hybridized carbons (Fsp3) is 0.412. The molecule has 0 unspecified atom stereocenters. The Labute approximate surface area is 121 Å². The number of ketones is 1. The summed E-state index contributed by atoms with van der Waals surface area (Å²) in [5.41, 5.74) is 2.18. The average molecular weight is 273 g/mol. The summed E-state index contributed by atoms with van der Waals surface area (Å²) in [4.78, 5) is 25.3. The van der Waals surface area contributed by atoms with Crippen LogP contribution in [0.5, 0.6) is 0 Å². The molecule has 20 heavy (non-hydrogen) atoms. The Hall–Kier alpha value is -1.90. The van der Waals surface area contributed by atoms with Gasteiger partial charge in [0, 0.05) is 19.5 Å². The first kappa shape index (κ1) is 16.2. The third-order valence-electron chi connectivity index (χ3n) is 3.37. The van der Waals surface area contributed by atoms with Gasteiger partial charge in [0.2, 0.25) is 5.91 Å². The van der Waals surface area contributed by atoms with Crippen molar-refractivity contribution in [3.8, 4) is 0 Å². The quantitative estimate of drug-likeness (QED) is 0.683. The molecule has 1 aromatic rings. The molecule has 108 valence electrons. The molecule has 0 radical (unpaired) electrons. The number of hydrogen-bond donors (Lipinski definition) is 0. The SMILES string of the molecule is C=Cc1ccc(CCC(=O)CC(=O)N(CC)CC)cc1. The minimum Gasteiger partial charge on any atom is -0.343 e. The van der Waals surface area contributed by atoms with Gasteiger partial charge in [-0.2, -0.15) is 0 Å². The average Bonchev–Trinajstić information content (AvgIpc) is 2.47. The molecule has 0 aliphatic heterocycles. The van der Waals surface area contributed by atoms with E-state index >= 15 is 0 Å². The fourth-order valence-electron chi connectivity index (χ4n) is 2.05. The van der Waals surface area contributed by atoms with Crippen molar-refractivity contribution in [2.75, 3.05) is 13.1 Å². The van der Waals surface area contributed by atoms with Gasteiger partial charge in [-0.05, 0) is 31.4 Å². The van der Waals surface area contributed by atoms with Crippen LogP contribution in [-0.4, -0.2) is 29.7 Å². The second-order valence-corrected chi connectivity index (χ2v) is 4.73. The van der Waals surface area contributed by atoms with Crippen molar-refractivity contribution in [2.24, 2.45) is 0 Å². The lowest BCUT2D eigenvalue weighted by molar-refractivity contribution is -0.135. The predicted octanol–water partition coefficient (Wildman–Crippen LogP) is 3.09. The molecule has 0 spiro atoms. The van der Waals surface area contributed by atoms with Crippen LogP contribution >= 0.6 is 0 Å². The van der Waals surface area contributed by atoms with Gasteiger partial charge < -0.3 is 4.90 Å². The minimum absolute atomic E-state index is 0.00898. The van der Waals surface area contributed by atoms with Crippen LogP contribution in [0.3, 0.4) is 0 Å². The molecule has 1 amide bonds. The standard InChI is InChI=1S/C17H23NO2/c1-4-14-7-9-15(10-8-14)11-12-16(19)13-17(20)18(5-2)6-3/h4,7-10H,1,5-6,11-13H2,2-3H3. The molecule has 0 saturated heterocycles. The first-order valence-corrected chi connectivity index (χ1v) is 7.11. The van der Waals surface area contributed by atoms with Gasteiger partial charge >= 0.3 is 0 Å². The molecule has 0 bridgehead atoms. The van der Waals surface area contributed by atoms with Gasteiger partial charge in [-0.3, -0.25) is 9.59 Å². The van der Waals surface area contributed by atoms with E-state index in [4.69, 9.17) is 0 Å². The van der Waals surface area contributed by atoms with Crippen molar-refractivity contribution < 1.29 is 9.59 Å². The molecule has 1 rings (SSSR count). The maximum Gasteiger partial charge on any atom is 0.229 e. The van der Waals surface area contributed by atoms with Crippen LogP contribution < -0.4 is 0 Å². The molecule has 0 aromatic heterocycles. The zero-order valence-electron chi connectivity index (χ0n) is 12.4. The van der Waals surface area contributed by atoms with E-state index in [0.29, 0.717) is 25.9 Å². The number of rotatable bonds is 8. The van der Waals surface area contributed by atoms with Crippen LogP contribution in [0.25, 0.3) is 6.08 Å². The highest BCUT2D eigenvalue weighted by Crippen LogP contribution is 2.09. The molecule has 1 aromatic carbocycles. The summed E-state index contributed by atoms with van der Waals surface area (Å²) < 4.78 is 0. The summed E-state index contributed by atoms with van der Waals surface area (Å²) in [5.74, 6) is -0.0586. The summed E-state index contributed by atoms with van der Waals surface area (Å²) in [6.07, 6.45) is 2.91. The lowest BCUT2D eigenvalue weighted by Crippen LogP contribution is -2.32. The van der Waals surface area contributed by atoms with Crippen molar-refractivity contribution in [1.82, 2.24) is 4.90 Å². The predicted molar refractivity (Wildman–Crippen MR) is 82.4 cm³/mol. The zero-order valence-corrected chi connectivity index (χ0v) is 12.4. The molecular weight excluding hydrogens is 250 g/mol. The fourth-order valence-corrected chi connectivity index (χ4v) is 2.05. The smallest absolute Gasteiger partial charge is 0.229 e. The summed E-state index contributed by atoms with van der Waals surface area (Å²) in [7, 11) is 0. The monoisotopic (exact) mass is 273 g/mol. The number of Topliss-reactive ketones (excluding diaryl/α,β-unsaturated/α-hetero) is 1. The van der Waals surface area contributed by atoms with E-state index in [0.717, 1.165) is 11.1 Å². The molecule has 0 atom stereocenters. The Morgan fingerprint density at radius 1 is 1.15 bits per heavy atom. The first-order valence-electron chi connectivity index (χ1n) is 7.11. The van der Waals surface area contributed by atoms with Crippen LogP contribution in [-0.2, 0) is 16.0 Å². The van der Waals surface area contributed by atoms with E-state index in [-0.39, 0.29) is 18.1 Å². The normalized spacial score (nSPS) is 10.1. The molecule has 0 aliphatic rings. The largest absolute Gasteiger partial charge is 0.343 e. The lowest BCUT2D eigenvalue weighted by Gasteiger charge is -2.17. The molecule has 0 aliphatic carbocycles. The van der Waals surface area contributed by atoms with Gasteiger partial charge in [0.15, 0.2) is 0 Å². The number of carbonyl (C=O) groups is 2. The molecule has 3 heteroatoms. The highest BCUT2D eigenvalue weighted by atomic mass is 16.2. The van der Waals surface area contributed by atoms with E-state index < -0.39 is 0 Å². The molecule has 0 N–H and O–H groups in total. The van der Waals surface area contributed by atoms with Crippen molar-refractivity contribution in [3.05, 3.63) is 42.0 Å². The molecule has 0 fully saturated rings. The van der Waals surface area contributed by atoms with E-state index in [2.05, 4.69) is 6.58 Å². The first-order chi connectivity index (χ1) is 9.60. The van der Waals surface area contributed by atoms with Crippen LogP contribution in [0.2, 0.25) is 0 Å². The number of benzene rings is 1. The van der Waals surface area contributed by atoms with Gasteiger partial charge in [-0.1, -0.05) is 36.9 Å². The molecule has 0 saturated carbocycles.